The maximum Gasteiger partial charge on any atom is 0.289 e. The minimum Gasteiger partial charge on any atom is -0.396 e. The molecule has 0 aromatic heterocycles. The lowest BCUT2D eigenvalue weighted by molar-refractivity contribution is -0.387. The van der Waals surface area contributed by atoms with Crippen LogP contribution in [0, 0.1) is 10.1 Å². The third-order valence-electron chi connectivity index (χ3n) is 2.68. The molecule has 0 radical (unpaired) electrons. The van der Waals surface area contributed by atoms with Crippen LogP contribution in [-0.4, -0.2) is 13.3 Å². The van der Waals surface area contributed by atoms with Gasteiger partial charge in [0.25, 0.3) is 15.7 Å². The Morgan fingerprint density at radius 2 is 1.68 bits per heavy atom. The van der Waals surface area contributed by atoms with Gasteiger partial charge in [-0.2, -0.15) is 0 Å². The van der Waals surface area contributed by atoms with E-state index in [1.54, 1.807) is 0 Å². The van der Waals surface area contributed by atoms with Crippen LogP contribution in [0.4, 0.5) is 17.1 Å². The number of nitrogen functional groups attached to an aromatic ring is 1. The average Bonchev–Trinajstić information content (AvgIpc) is 2.44. The highest BCUT2D eigenvalue weighted by molar-refractivity contribution is 7.92. The van der Waals surface area contributed by atoms with Crippen molar-refractivity contribution >= 4 is 50.3 Å². The van der Waals surface area contributed by atoms with Crippen molar-refractivity contribution in [2.24, 2.45) is 0 Å². The van der Waals surface area contributed by atoms with E-state index in [1.165, 1.54) is 24.3 Å². The molecule has 0 spiro atoms. The molecule has 0 saturated heterocycles. The quantitative estimate of drug-likeness (QED) is 0.492. The molecule has 2 aromatic rings. The lowest BCUT2D eigenvalue weighted by atomic mass is 10.3. The highest BCUT2D eigenvalue weighted by atomic mass is 35.5. The smallest absolute Gasteiger partial charge is 0.289 e. The molecule has 3 N–H and O–H groups in total. The predicted octanol–water partition coefficient (Wildman–Crippen LogP) is 3.28. The van der Waals surface area contributed by atoms with E-state index in [0.29, 0.717) is 0 Å². The van der Waals surface area contributed by atoms with Gasteiger partial charge in [-0.1, -0.05) is 35.3 Å². The molecule has 2 rings (SSSR count). The fraction of sp³-hybridized carbons (Fsp3) is 0. The first kappa shape index (κ1) is 16.3. The van der Waals surface area contributed by atoms with Crippen LogP contribution in [0.25, 0.3) is 0 Å². The summed E-state index contributed by atoms with van der Waals surface area (Å²) in [4.78, 5) is 9.68. The fourth-order valence-corrected chi connectivity index (χ4v) is 3.39. The molecule has 0 atom stereocenters. The van der Waals surface area contributed by atoms with Crippen LogP contribution in [0.5, 0.6) is 0 Å². The molecule has 2 aromatic carbocycles. The van der Waals surface area contributed by atoms with Gasteiger partial charge < -0.3 is 5.73 Å². The molecular weight excluding hydrogens is 353 g/mol. The topological polar surface area (TPSA) is 115 Å². The summed E-state index contributed by atoms with van der Waals surface area (Å²) >= 11 is 11.6. The SMILES string of the molecule is Nc1c(Cl)cc(NS(=O)(=O)c2ccccc2[N+](=O)[O-])cc1Cl. The van der Waals surface area contributed by atoms with Crippen LogP contribution < -0.4 is 10.5 Å². The normalized spacial score (nSPS) is 11.2. The molecule has 0 unspecified atom stereocenters. The highest BCUT2D eigenvalue weighted by Gasteiger charge is 2.25. The molecule has 0 amide bonds. The Balaban J connectivity index is 2.47. The monoisotopic (exact) mass is 361 g/mol. The van der Waals surface area contributed by atoms with E-state index in [4.69, 9.17) is 28.9 Å². The lowest BCUT2D eigenvalue weighted by Crippen LogP contribution is -2.14. The Bertz CT molecular complexity index is 832. The molecule has 10 heteroatoms. The number of hydrogen-bond acceptors (Lipinski definition) is 5. The van der Waals surface area contributed by atoms with Crippen molar-refractivity contribution in [3.05, 3.63) is 56.6 Å². The van der Waals surface area contributed by atoms with Gasteiger partial charge in [-0.25, -0.2) is 8.42 Å². The predicted molar refractivity (Wildman–Crippen MR) is 84.8 cm³/mol. The minimum atomic E-state index is -4.19. The van der Waals surface area contributed by atoms with Crippen molar-refractivity contribution in [1.29, 1.82) is 0 Å². The fourth-order valence-electron chi connectivity index (χ4n) is 1.69. The van der Waals surface area contributed by atoms with Gasteiger partial charge >= 0.3 is 0 Å². The molecule has 0 heterocycles. The Kier molecular flexibility index (Phi) is 4.45. The Morgan fingerprint density at radius 1 is 1.14 bits per heavy atom. The first-order chi connectivity index (χ1) is 10.2. The molecule has 22 heavy (non-hydrogen) atoms. The summed E-state index contributed by atoms with van der Waals surface area (Å²) in [5.74, 6) is 0. The average molecular weight is 362 g/mol. The van der Waals surface area contributed by atoms with Crippen LogP contribution in [0.15, 0.2) is 41.3 Å². The summed E-state index contributed by atoms with van der Waals surface area (Å²) in [5.41, 5.74) is 5.17. The third-order valence-corrected chi connectivity index (χ3v) is 4.74. The van der Waals surface area contributed by atoms with Crippen LogP contribution in [0.2, 0.25) is 10.0 Å². The second-order valence-corrected chi connectivity index (χ2v) is 6.65. The zero-order valence-electron chi connectivity index (χ0n) is 10.8. The molecule has 116 valence electrons. The van der Waals surface area contributed by atoms with Gasteiger partial charge in [0.2, 0.25) is 0 Å². The van der Waals surface area contributed by atoms with Crippen molar-refractivity contribution < 1.29 is 13.3 Å². The lowest BCUT2D eigenvalue weighted by Gasteiger charge is -2.10. The van der Waals surface area contributed by atoms with Crippen LogP contribution in [0.1, 0.15) is 0 Å². The summed E-state index contributed by atoms with van der Waals surface area (Å²) in [5, 5.41) is 11.1. The van der Waals surface area contributed by atoms with Gasteiger partial charge in [0, 0.05) is 6.07 Å². The van der Waals surface area contributed by atoms with Gasteiger partial charge in [0.05, 0.1) is 26.3 Å². The van der Waals surface area contributed by atoms with E-state index in [2.05, 4.69) is 4.72 Å². The Hall–Kier alpha value is -2.03. The summed E-state index contributed by atoms with van der Waals surface area (Å²) in [7, 11) is -4.19. The van der Waals surface area contributed by atoms with Gasteiger partial charge in [-0.05, 0) is 18.2 Å². The summed E-state index contributed by atoms with van der Waals surface area (Å²) in [6, 6.07) is 7.49. The molecular formula is C12H9Cl2N3O4S. The Morgan fingerprint density at radius 3 is 2.23 bits per heavy atom. The first-order valence-corrected chi connectivity index (χ1v) is 7.97. The van der Waals surface area contributed by atoms with E-state index >= 15 is 0 Å². The molecule has 0 aliphatic carbocycles. The zero-order chi connectivity index (χ0) is 16.5. The number of para-hydroxylation sites is 1. The number of halogens is 2. The highest BCUT2D eigenvalue weighted by Crippen LogP contribution is 2.33. The van der Waals surface area contributed by atoms with Crippen LogP contribution in [-0.2, 0) is 10.0 Å². The maximum absolute atomic E-state index is 12.3. The van der Waals surface area contributed by atoms with Crippen molar-refractivity contribution in [3.63, 3.8) is 0 Å². The number of benzene rings is 2. The number of anilines is 2. The molecule has 0 aliphatic heterocycles. The van der Waals surface area contributed by atoms with E-state index in [-0.39, 0.29) is 21.4 Å². The number of nitrogens with zero attached hydrogens (tertiary/aromatic N) is 1. The second-order valence-electron chi connectivity index (χ2n) is 4.18. The summed E-state index contributed by atoms with van der Waals surface area (Å²) < 4.78 is 26.8. The number of nitrogens with one attached hydrogen (secondary N) is 1. The minimum absolute atomic E-state index is 0.0438. The number of nitro groups is 1. The number of hydrogen-bond donors (Lipinski definition) is 2. The molecule has 0 saturated carbocycles. The van der Waals surface area contributed by atoms with Crippen molar-refractivity contribution in [2.45, 2.75) is 4.90 Å². The molecule has 7 nitrogen and oxygen atoms in total. The maximum atomic E-state index is 12.3. The molecule has 0 bridgehead atoms. The third kappa shape index (κ3) is 3.24. The zero-order valence-corrected chi connectivity index (χ0v) is 13.1. The van der Waals surface area contributed by atoms with Gasteiger partial charge in [0.15, 0.2) is 4.90 Å². The van der Waals surface area contributed by atoms with Crippen molar-refractivity contribution in [1.82, 2.24) is 0 Å². The molecule has 0 aliphatic rings. The number of nitrogens with two attached hydrogens (primary N) is 1. The summed E-state index contributed by atoms with van der Waals surface area (Å²) in [6.45, 7) is 0. The van der Waals surface area contributed by atoms with Crippen molar-refractivity contribution in [2.75, 3.05) is 10.5 Å². The van der Waals surface area contributed by atoms with Crippen LogP contribution >= 0.6 is 23.2 Å². The second kappa shape index (κ2) is 5.99. The van der Waals surface area contributed by atoms with Gasteiger partial charge in [-0.3, -0.25) is 14.8 Å². The van der Waals surface area contributed by atoms with E-state index in [0.717, 1.165) is 12.1 Å². The Labute approximate surface area is 135 Å². The number of rotatable bonds is 4. The first-order valence-electron chi connectivity index (χ1n) is 5.73. The largest absolute Gasteiger partial charge is 0.396 e. The van der Waals surface area contributed by atoms with Crippen molar-refractivity contribution in [3.8, 4) is 0 Å². The standard InChI is InChI=1S/C12H9Cl2N3O4S/c13-8-5-7(6-9(14)12(8)15)16-22(20,21)11-4-2-1-3-10(11)17(18)19/h1-6,16H,15H2. The van der Waals surface area contributed by atoms with E-state index in [1.807, 2.05) is 0 Å². The number of sulfonamides is 1. The summed E-state index contributed by atoms with van der Waals surface area (Å²) in [6.07, 6.45) is 0. The van der Waals surface area contributed by atoms with Gasteiger partial charge in [-0.15, -0.1) is 0 Å². The van der Waals surface area contributed by atoms with Crippen LogP contribution in [0.3, 0.4) is 0 Å². The van der Waals surface area contributed by atoms with E-state index < -0.39 is 25.5 Å². The van der Waals surface area contributed by atoms with Gasteiger partial charge in [0.1, 0.15) is 0 Å². The van der Waals surface area contributed by atoms with E-state index in [9.17, 15) is 18.5 Å². The number of nitro benzene ring substituents is 1. The molecule has 0 fully saturated rings.